The van der Waals surface area contributed by atoms with Crippen LogP contribution in [0.2, 0.25) is 0 Å². The molecule has 0 radical (unpaired) electrons. The van der Waals surface area contributed by atoms with Crippen molar-refractivity contribution in [2.75, 3.05) is 19.9 Å². The zero-order chi connectivity index (χ0) is 15.9. The molecule has 0 aliphatic carbocycles. The zero-order valence-electron chi connectivity index (χ0n) is 12.2. The van der Waals surface area contributed by atoms with Gasteiger partial charge in [-0.15, -0.1) is 0 Å². The first kappa shape index (κ1) is 15.8. The normalized spacial score (nSPS) is 12.9. The van der Waals surface area contributed by atoms with Gasteiger partial charge in [-0.25, -0.2) is 0 Å². The Kier molecular flexibility index (Phi) is 5.37. The summed E-state index contributed by atoms with van der Waals surface area (Å²) >= 11 is 0. The lowest BCUT2D eigenvalue weighted by Crippen LogP contribution is -2.34. The highest BCUT2D eigenvalue weighted by atomic mass is 16.7. The highest BCUT2D eigenvalue weighted by Gasteiger charge is 2.15. The summed E-state index contributed by atoms with van der Waals surface area (Å²) in [7, 11) is 0. The molecule has 0 spiro atoms. The molecule has 7 nitrogen and oxygen atoms in total. The van der Waals surface area contributed by atoms with Gasteiger partial charge >= 0.3 is 0 Å². The molecule has 1 aliphatic rings. The van der Waals surface area contributed by atoms with Gasteiger partial charge in [0.1, 0.15) is 5.70 Å². The van der Waals surface area contributed by atoms with Crippen LogP contribution >= 0.6 is 0 Å². The summed E-state index contributed by atoms with van der Waals surface area (Å²) in [4.78, 5) is 23.3. The highest BCUT2D eigenvalue weighted by Crippen LogP contribution is 2.32. The van der Waals surface area contributed by atoms with Crippen LogP contribution in [0.4, 0.5) is 0 Å². The number of hydrogen-bond acceptors (Lipinski definition) is 5. The molecular weight excluding hydrogens is 288 g/mol. The summed E-state index contributed by atoms with van der Waals surface area (Å²) in [6, 6.07) is 5.23. The number of aliphatic hydroxyl groups is 1. The molecule has 2 amide bonds. The van der Waals surface area contributed by atoms with Crippen molar-refractivity contribution in [3.8, 4) is 11.5 Å². The number of carbonyl (C=O) groups excluding carboxylic acids is 2. The van der Waals surface area contributed by atoms with E-state index in [-0.39, 0.29) is 25.0 Å². The summed E-state index contributed by atoms with van der Waals surface area (Å²) in [5.74, 6) is 0.479. The van der Waals surface area contributed by atoms with Crippen LogP contribution in [0.3, 0.4) is 0 Å². The Morgan fingerprint density at radius 3 is 2.82 bits per heavy atom. The first-order chi connectivity index (χ1) is 10.6. The highest BCUT2D eigenvalue weighted by molar-refractivity contribution is 6.00. The Balaban J connectivity index is 2.16. The quantitative estimate of drug-likeness (QED) is 0.522. The fourth-order valence-electron chi connectivity index (χ4n) is 1.89. The van der Waals surface area contributed by atoms with Crippen LogP contribution in [0, 0.1) is 0 Å². The smallest absolute Gasteiger partial charge is 0.267 e. The molecular formula is C15H18N2O5. The molecule has 118 valence electrons. The van der Waals surface area contributed by atoms with Gasteiger partial charge in [-0.2, -0.15) is 0 Å². The second kappa shape index (κ2) is 7.46. The molecule has 0 bridgehead atoms. The van der Waals surface area contributed by atoms with Crippen molar-refractivity contribution in [3.63, 3.8) is 0 Å². The van der Waals surface area contributed by atoms with Crippen molar-refractivity contribution in [1.82, 2.24) is 10.6 Å². The standard InChI is InChI=1S/C15H18N2O5/c1-10(19)17-12(15(20)16-5-2-6-18)7-11-3-4-13-14(8-11)22-9-21-13/h3-4,7-8,18H,2,5-6,9H2,1H3,(H,16,20)(H,17,19)/b12-7+. The third kappa shape index (κ3) is 4.23. The lowest BCUT2D eigenvalue weighted by atomic mass is 10.1. The summed E-state index contributed by atoms with van der Waals surface area (Å²) in [5.41, 5.74) is 0.828. The summed E-state index contributed by atoms with van der Waals surface area (Å²) < 4.78 is 10.5. The fraction of sp³-hybridized carbons (Fsp3) is 0.333. The van der Waals surface area contributed by atoms with E-state index >= 15 is 0 Å². The molecule has 0 saturated carbocycles. The number of fused-ring (bicyclic) bond motifs is 1. The first-order valence-electron chi connectivity index (χ1n) is 6.88. The molecule has 0 fully saturated rings. The van der Waals surface area contributed by atoms with Crippen LogP contribution in [-0.4, -0.2) is 36.9 Å². The van der Waals surface area contributed by atoms with E-state index in [1.807, 2.05) is 0 Å². The Morgan fingerprint density at radius 2 is 2.09 bits per heavy atom. The minimum atomic E-state index is -0.415. The van der Waals surface area contributed by atoms with Crippen LogP contribution < -0.4 is 20.1 Å². The molecule has 2 rings (SSSR count). The number of aliphatic hydroxyl groups excluding tert-OH is 1. The molecule has 1 aromatic rings. The average molecular weight is 306 g/mol. The molecule has 1 aliphatic heterocycles. The fourth-order valence-corrected chi connectivity index (χ4v) is 1.89. The van der Waals surface area contributed by atoms with E-state index in [0.29, 0.717) is 30.0 Å². The van der Waals surface area contributed by atoms with Crippen LogP contribution in [-0.2, 0) is 9.59 Å². The monoisotopic (exact) mass is 306 g/mol. The second-order valence-corrected chi connectivity index (χ2v) is 4.68. The number of nitrogens with one attached hydrogen (secondary N) is 2. The van der Waals surface area contributed by atoms with E-state index in [4.69, 9.17) is 14.6 Å². The third-order valence-corrected chi connectivity index (χ3v) is 2.88. The minimum Gasteiger partial charge on any atom is -0.454 e. The van der Waals surface area contributed by atoms with Crippen LogP contribution in [0.5, 0.6) is 11.5 Å². The average Bonchev–Trinajstić information content (AvgIpc) is 2.93. The van der Waals surface area contributed by atoms with Crippen LogP contribution in [0.15, 0.2) is 23.9 Å². The van der Waals surface area contributed by atoms with E-state index < -0.39 is 5.91 Å². The SMILES string of the molecule is CC(=O)N/C(=C/c1ccc2c(c1)OCO2)C(=O)NCCCO. The van der Waals surface area contributed by atoms with Crippen molar-refractivity contribution in [1.29, 1.82) is 0 Å². The first-order valence-corrected chi connectivity index (χ1v) is 6.88. The Labute approximate surface area is 127 Å². The Hall–Kier alpha value is -2.54. The number of amides is 2. The van der Waals surface area contributed by atoms with Crippen molar-refractivity contribution >= 4 is 17.9 Å². The summed E-state index contributed by atoms with van der Waals surface area (Å²) in [5, 5.41) is 13.8. The van der Waals surface area contributed by atoms with Gasteiger partial charge in [-0.1, -0.05) is 6.07 Å². The predicted octanol–water partition coefficient (Wildman–Crippen LogP) is 0.391. The number of benzene rings is 1. The molecule has 7 heteroatoms. The number of rotatable bonds is 6. The van der Waals surface area contributed by atoms with E-state index in [2.05, 4.69) is 10.6 Å². The maximum atomic E-state index is 12.1. The molecule has 0 aromatic heterocycles. The van der Waals surface area contributed by atoms with Crippen LogP contribution in [0.1, 0.15) is 18.9 Å². The number of carbonyl (C=O) groups is 2. The topological polar surface area (TPSA) is 96.9 Å². The predicted molar refractivity (Wildman–Crippen MR) is 79.1 cm³/mol. The van der Waals surface area contributed by atoms with Gasteiger partial charge < -0.3 is 25.2 Å². The summed E-state index contributed by atoms with van der Waals surface area (Å²) in [6.45, 7) is 1.81. The zero-order valence-corrected chi connectivity index (χ0v) is 12.2. The lowest BCUT2D eigenvalue weighted by Gasteiger charge is -2.09. The molecule has 0 atom stereocenters. The minimum absolute atomic E-state index is 0.0123. The number of ether oxygens (including phenoxy) is 2. The second-order valence-electron chi connectivity index (χ2n) is 4.68. The van der Waals surface area contributed by atoms with Gasteiger partial charge in [-0.3, -0.25) is 9.59 Å². The largest absolute Gasteiger partial charge is 0.454 e. The molecule has 3 N–H and O–H groups in total. The van der Waals surface area contributed by atoms with Gasteiger partial charge in [-0.05, 0) is 30.2 Å². The molecule has 0 unspecified atom stereocenters. The van der Waals surface area contributed by atoms with Crippen molar-refractivity contribution in [2.24, 2.45) is 0 Å². The van der Waals surface area contributed by atoms with E-state index in [1.165, 1.54) is 6.92 Å². The molecule has 0 saturated heterocycles. The number of hydrogen-bond donors (Lipinski definition) is 3. The van der Waals surface area contributed by atoms with Crippen LogP contribution in [0.25, 0.3) is 6.08 Å². The van der Waals surface area contributed by atoms with Gasteiger partial charge in [0.15, 0.2) is 11.5 Å². The third-order valence-electron chi connectivity index (χ3n) is 2.88. The van der Waals surface area contributed by atoms with E-state index in [0.717, 1.165) is 0 Å². The van der Waals surface area contributed by atoms with Gasteiger partial charge in [0.2, 0.25) is 12.7 Å². The summed E-state index contributed by atoms with van der Waals surface area (Å²) in [6.07, 6.45) is 2.00. The van der Waals surface area contributed by atoms with Gasteiger partial charge in [0.05, 0.1) is 0 Å². The molecule has 1 aromatic carbocycles. The lowest BCUT2D eigenvalue weighted by molar-refractivity contribution is -0.122. The maximum Gasteiger partial charge on any atom is 0.267 e. The Bertz CT molecular complexity index is 598. The molecule has 22 heavy (non-hydrogen) atoms. The van der Waals surface area contributed by atoms with Crippen molar-refractivity contribution in [3.05, 3.63) is 29.5 Å². The van der Waals surface area contributed by atoms with Gasteiger partial charge in [0.25, 0.3) is 5.91 Å². The molecule has 1 heterocycles. The van der Waals surface area contributed by atoms with E-state index in [9.17, 15) is 9.59 Å². The van der Waals surface area contributed by atoms with Crippen molar-refractivity contribution in [2.45, 2.75) is 13.3 Å². The van der Waals surface area contributed by atoms with Gasteiger partial charge in [0, 0.05) is 20.1 Å². The van der Waals surface area contributed by atoms with Crippen molar-refractivity contribution < 1.29 is 24.2 Å². The maximum absolute atomic E-state index is 12.1. The Morgan fingerprint density at radius 1 is 1.32 bits per heavy atom. The van der Waals surface area contributed by atoms with E-state index in [1.54, 1.807) is 24.3 Å².